The Hall–Kier alpha value is -2.14. The fraction of sp³-hybridized carbons (Fsp3) is 0.133. The summed E-state index contributed by atoms with van der Waals surface area (Å²) < 4.78 is 13.7. The van der Waals surface area contributed by atoms with Crippen LogP contribution in [0, 0.1) is 24.1 Å². The van der Waals surface area contributed by atoms with Crippen LogP contribution in [0.4, 0.5) is 4.39 Å². The van der Waals surface area contributed by atoms with E-state index in [1.807, 2.05) is 43.3 Å². The fourth-order valence-corrected chi connectivity index (χ4v) is 1.84. The van der Waals surface area contributed by atoms with Crippen molar-refractivity contribution in [3.05, 3.63) is 59.4 Å². The highest BCUT2D eigenvalue weighted by Gasteiger charge is 2.06. The molecule has 0 amide bonds. The second kappa shape index (κ2) is 4.80. The van der Waals surface area contributed by atoms with E-state index in [1.165, 1.54) is 6.07 Å². The van der Waals surface area contributed by atoms with E-state index in [2.05, 4.69) is 0 Å². The summed E-state index contributed by atoms with van der Waals surface area (Å²) in [5.74, 6) is -0.313. The smallest absolute Gasteiger partial charge is 0.128 e. The van der Waals surface area contributed by atoms with Crippen molar-refractivity contribution >= 4 is 0 Å². The average molecular weight is 225 g/mol. The first-order valence-electron chi connectivity index (χ1n) is 5.44. The number of hydrogen-bond donors (Lipinski definition) is 0. The number of halogens is 1. The third-order valence-corrected chi connectivity index (χ3v) is 2.78. The summed E-state index contributed by atoms with van der Waals surface area (Å²) >= 11 is 0. The first kappa shape index (κ1) is 11.3. The van der Waals surface area contributed by atoms with E-state index >= 15 is 0 Å². The van der Waals surface area contributed by atoms with E-state index in [1.54, 1.807) is 6.07 Å². The number of hydrogen-bond acceptors (Lipinski definition) is 1. The third kappa shape index (κ3) is 2.34. The van der Waals surface area contributed by atoms with E-state index in [0.717, 1.165) is 16.7 Å². The first-order valence-corrected chi connectivity index (χ1v) is 5.44. The van der Waals surface area contributed by atoms with Gasteiger partial charge in [0, 0.05) is 5.56 Å². The number of nitriles is 1. The lowest BCUT2D eigenvalue weighted by molar-refractivity contribution is 0.616. The second-order valence-corrected chi connectivity index (χ2v) is 3.96. The highest BCUT2D eigenvalue weighted by Crippen LogP contribution is 2.25. The molecule has 0 bridgehead atoms. The minimum atomic E-state index is -0.313. The Morgan fingerprint density at radius 2 is 1.94 bits per heavy atom. The van der Waals surface area contributed by atoms with Gasteiger partial charge in [-0.05, 0) is 29.7 Å². The Labute approximate surface area is 100 Å². The molecule has 1 nitrogen and oxygen atoms in total. The largest absolute Gasteiger partial charge is 0.207 e. The maximum atomic E-state index is 13.7. The van der Waals surface area contributed by atoms with Crippen LogP contribution in [0.25, 0.3) is 11.1 Å². The molecule has 17 heavy (non-hydrogen) atoms. The van der Waals surface area contributed by atoms with Crippen LogP contribution in [0.2, 0.25) is 0 Å². The van der Waals surface area contributed by atoms with Crippen LogP contribution < -0.4 is 0 Å². The molecule has 0 N–H and O–H groups in total. The molecule has 0 radical (unpaired) electrons. The quantitative estimate of drug-likeness (QED) is 0.761. The zero-order valence-electron chi connectivity index (χ0n) is 9.57. The lowest BCUT2D eigenvalue weighted by Gasteiger charge is -2.07. The predicted molar refractivity (Wildman–Crippen MR) is 65.9 cm³/mol. The van der Waals surface area contributed by atoms with Crippen molar-refractivity contribution in [3.8, 4) is 17.2 Å². The summed E-state index contributed by atoms with van der Waals surface area (Å²) in [6.07, 6.45) is 0.111. The van der Waals surface area contributed by atoms with E-state index in [9.17, 15) is 4.39 Å². The van der Waals surface area contributed by atoms with Crippen LogP contribution in [0.15, 0.2) is 42.5 Å². The van der Waals surface area contributed by atoms with E-state index < -0.39 is 0 Å². The van der Waals surface area contributed by atoms with Crippen molar-refractivity contribution < 1.29 is 4.39 Å². The van der Waals surface area contributed by atoms with Crippen molar-refractivity contribution in [3.63, 3.8) is 0 Å². The van der Waals surface area contributed by atoms with Crippen LogP contribution in [0.5, 0.6) is 0 Å². The summed E-state index contributed by atoms with van der Waals surface area (Å²) in [6.45, 7) is 2.00. The lowest BCUT2D eigenvalue weighted by Crippen LogP contribution is -1.90. The van der Waals surface area contributed by atoms with E-state index in [0.29, 0.717) is 5.56 Å². The van der Waals surface area contributed by atoms with Gasteiger partial charge in [-0.3, -0.25) is 0 Å². The number of rotatable bonds is 2. The standard InChI is InChI=1S/C15H12FN/c1-11-4-2-3-5-14(11)13-7-6-12(8-9-17)15(16)10-13/h2-7,10H,8H2,1H3. The van der Waals surface area contributed by atoms with Gasteiger partial charge in [0.25, 0.3) is 0 Å². The second-order valence-electron chi connectivity index (χ2n) is 3.96. The fourth-order valence-electron chi connectivity index (χ4n) is 1.84. The molecule has 2 aromatic rings. The van der Waals surface area contributed by atoms with E-state index in [-0.39, 0.29) is 12.2 Å². The molecule has 0 aliphatic heterocycles. The minimum absolute atomic E-state index is 0.111. The van der Waals surface area contributed by atoms with Gasteiger partial charge in [-0.15, -0.1) is 0 Å². The van der Waals surface area contributed by atoms with Crippen molar-refractivity contribution in [1.29, 1.82) is 5.26 Å². The lowest BCUT2D eigenvalue weighted by atomic mass is 9.99. The highest BCUT2D eigenvalue weighted by molar-refractivity contribution is 5.67. The molecular weight excluding hydrogens is 213 g/mol. The van der Waals surface area contributed by atoms with Crippen LogP contribution in [0.3, 0.4) is 0 Å². The summed E-state index contributed by atoms with van der Waals surface area (Å²) in [5, 5.41) is 8.56. The average Bonchev–Trinajstić information content (AvgIpc) is 2.33. The molecule has 0 aromatic heterocycles. The molecule has 0 saturated heterocycles. The van der Waals surface area contributed by atoms with Gasteiger partial charge >= 0.3 is 0 Å². The van der Waals surface area contributed by atoms with Gasteiger partial charge in [-0.25, -0.2) is 4.39 Å². The van der Waals surface area contributed by atoms with Gasteiger partial charge in [0.2, 0.25) is 0 Å². The Morgan fingerprint density at radius 1 is 1.18 bits per heavy atom. The molecule has 0 spiro atoms. The molecule has 84 valence electrons. The van der Waals surface area contributed by atoms with Gasteiger partial charge in [0.15, 0.2) is 0 Å². The predicted octanol–water partition coefficient (Wildman–Crippen LogP) is 3.87. The Kier molecular flexibility index (Phi) is 3.20. The SMILES string of the molecule is Cc1ccccc1-c1ccc(CC#N)c(F)c1. The molecule has 0 aliphatic rings. The summed E-state index contributed by atoms with van der Waals surface area (Å²) in [4.78, 5) is 0. The Balaban J connectivity index is 2.46. The van der Waals surface area contributed by atoms with Crippen molar-refractivity contribution in [1.82, 2.24) is 0 Å². The molecule has 2 heteroatoms. The summed E-state index contributed by atoms with van der Waals surface area (Å²) in [5.41, 5.74) is 3.43. The molecule has 2 aromatic carbocycles. The van der Waals surface area contributed by atoms with Gasteiger partial charge in [0.1, 0.15) is 5.82 Å². The normalized spacial score (nSPS) is 9.94. The third-order valence-electron chi connectivity index (χ3n) is 2.78. The van der Waals surface area contributed by atoms with Crippen molar-refractivity contribution in [2.75, 3.05) is 0 Å². The van der Waals surface area contributed by atoms with E-state index in [4.69, 9.17) is 5.26 Å². The monoisotopic (exact) mass is 225 g/mol. The highest BCUT2D eigenvalue weighted by atomic mass is 19.1. The van der Waals surface area contributed by atoms with Crippen LogP contribution in [0.1, 0.15) is 11.1 Å². The molecule has 0 atom stereocenters. The minimum Gasteiger partial charge on any atom is -0.207 e. The Morgan fingerprint density at radius 3 is 2.59 bits per heavy atom. The van der Waals surface area contributed by atoms with Gasteiger partial charge in [-0.1, -0.05) is 36.4 Å². The van der Waals surface area contributed by atoms with Crippen molar-refractivity contribution in [2.24, 2.45) is 0 Å². The zero-order chi connectivity index (χ0) is 12.3. The van der Waals surface area contributed by atoms with Gasteiger partial charge in [-0.2, -0.15) is 5.26 Å². The maximum absolute atomic E-state index is 13.7. The van der Waals surface area contributed by atoms with Crippen LogP contribution >= 0.6 is 0 Å². The molecule has 0 fully saturated rings. The molecular formula is C15H12FN. The van der Waals surface area contributed by atoms with Gasteiger partial charge < -0.3 is 0 Å². The first-order chi connectivity index (χ1) is 8.22. The molecule has 0 heterocycles. The molecule has 2 rings (SSSR count). The van der Waals surface area contributed by atoms with Gasteiger partial charge in [0.05, 0.1) is 12.5 Å². The molecule has 0 saturated carbocycles. The maximum Gasteiger partial charge on any atom is 0.128 e. The van der Waals surface area contributed by atoms with Crippen LogP contribution in [-0.4, -0.2) is 0 Å². The van der Waals surface area contributed by atoms with Crippen molar-refractivity contribution in [2.45, 2.75) is 13.3 Å². The number of benzene rings is 2. The summed E-state index contributed by atoms with van der Waals surface area (Å²) in [7, 11) is 0. The molecule has 0 aliphatic carbocycles. The molecule has 0 unspecified atom stereocenters. The summed E-state index contributed by atoms with van der Waals surface area (Å²) in [6, 6.07) is 14.8. The number of nitrogens with zero attached hydrogens (tertiary/aromatic N) is 1. The topological polar surface area (TPSA) is 23.8 Å². The zero-order valence-corrected chi connectivity index (χ0v) is 9.57. The Bertz CT molecular complexity index is 582. The van der Waals surface area contributed by atoms with Crippen LogP contribution in [-0.2, 0) is 6.42 Å². The number of aryl methyl sites for hydroxylation is 1.